The summed E-state index contributed by atoms with van der Waals surface area (Å²) in [5.41, 5.74) is 0.740. The van der Waals surface area contributed by atoms with E-state index in [0.29, 0.717) is 31.5 Å². The van der Waals surface area contributed by atoms with Crippen molar-refractivity contribution in [1.82, 2.24) is 10.6 Å². The van der Waals surface area contributed by atoms with Crippen molar-refractivity contribution in [3.8, 4) is 11.5 Å². The van der Waals surface area contributed by atoms with Crippen molar-refractivity contribution in [2.24, 2.45) is 4.99 Å². The molecule has 0 aliphatic rings. The molecule has 0 aliphatic carbocycles. The molecule has 0 saturated heterocycles. The molecule has 0 unspecified atom stereocenters. The van der Waals surface area contributed by atoms with E-state index in [1.807, 2.05) is 12.1 Å². The lowest BCUT2D eigenvalue weighted by Crippen LogP contribution is -2.37. The first kappa shape index (κ1) is 22.1. The summed E-state index contributed by atoms with van der Waals surface area (Å²) in [4.78, 5) is 4.16. The number of methoxy groups -OCH3 is 1. The van der Waals surface area contributed by atoms with Gasteiger partial charge in [0.05, 0.1) is 13.4 Å². The third kappa shape index (κ3) is 7.52. The molecule has 0 saturated carbocycles. The number of nitrogens with one attached hydrogen (secondary N) is 2. The topological polar surface area (TPSA) is 88.3 Å². The molecule has 2 aromatic rings. The van der Waals surface area contributed by atoms with E-state index in [-0.39, 0.29) is 29.7 Å². The zero-order valence-electron chi connectivity index (χ0n) is 15.0. The fourth-order valence-electron chi connectivity index (χ4n) is 2.18. The highest BCUT2D eigenvalue weighted by Crippen LogP contribution is 2.22. The first-order chi connectivity index (χ1) is 12.2. The smallest absolute Gasteiger partial charge is 0.191 e. The Bertz CT molecular complexity index is 662. The van der Waals surface area contributed by atoms with Crippen molar-refractivity contribution >= 4 is 29.9 Å². The van der Waals surface area contributed by atoms with Gasteiger partial charge in [-0.1, -0.05) is 0 Å². The Labute approximate surface area is 170 Å². The van der Waals surface area contributed by atoms with Gasteiger partial charge >= 0.3 is 0 Å². The van der Waals surface area contributed by atoms with E-state index in [2.05, 4.69) is 15.6 Å². The third-order valence-electron chi connectivity index (χ3n) is 3.54. The minimum Gasteiger partial charge on any atom is -0.508 e. The summed E-state index contributed by atoms with van der Waals surface area (Å²) in [5, 5.41) is 16.3. The molecule has 0 radical (unpaired) electrons. The van der Waals surface area contributed by atoms with Crippen LogP contribution in [-0.4, -0.2) is 38.4 Å². The molecule has 0 spiro atoms. The average molecular weight is 475 g/mol. The van der Waals surface area contributed by atoms with Gasteiger partial charge in [0, 0.05) is 32.3 Å². The summed E-state index contributed by atoms with van der Waals surface area (Å²) in [6.07, 6.45) is 2.47. The normalized spacial score (nSPS) is 10.9. The molecule has 8 heteroatoms. The minimum absolute atomic E-state index is 0. The van der Waals surface area contributed by atoms with Gasteiger partial charge in [-0.05, 0) is 36.8 Å². The van der Waals surface area contributed by atoms with Crippen LogP contribution in [-0.2, 0) is 17.9 Å². The maximum Gasteiger partial charge on any atom is 0.191 e. The van der Waals surface area contributed by atoms with Crippen molar-refractivity contribution in [1.29, 1.82) is 0 Å². The van der Waals surface area contributed by atoms with Crippen LogP contribution >= 0.6 is 24.0 Å². The zero-order valence-corrected chi connectivity index (χ0v) is 17.4. The molecule has 144 valence electrons. The number of furan rings is 1. The Kier molecular flexibility index (Phi) is 10.6. The molecule has 1 heterocycles. The van der Waals surface area contributed by atoms with E-state index in [1.165, 1.54) is 0 Å². The Hall–Kier alpha value is -1.94. The molecule has 0 aliphatic heterocycles. The molecule has 1 aromatic carbocycles. The van der Waals surface area contributed by atoms with Crippen molar-refractivity contribution in [3.63, 3.8) is 0 Å². The highest BCUT2D eigenvalue weighted by atomic mass is 127. The summed E-state index contributed by atoms with van der Waals surface area (Å²) < 4.78 is 15.9. The van der Waals surface area contributed by atoms with Crippen molar-refractivity contribution in [2.45, 2.75) is 19.6 Å². The van der Waals surface area contributed by atoms with Gasteiger partial charge in [-0.15, -0.1) is 24.0 Å². The predicted molar refractivity (Wildman–Crippen MR) is 111 cm³/mol. The number of hydrogen-bond acceptors (Lipinski definition) is 5. The van der Waals surface area contributed by atoms with Crippen molar-refractivity contribution < 1.29 is 19.0 Å². The van der Waals surface area contributed by atoms with Crippen LogP contribution in [0, 0.1) is 0 Å². The third-order valence-corrected chi connectivity index (χ3v) is 3.54. The summed E-state index contributed by atoms with van der Waals surface area (Å²) in [5.74, 6) is 2.40. The first-order valence-electron chi connectivity index (χ1n) is 8.13. The number of ether oxygens (including phenoxy) is 2. The SMILES string of the molecule is CN=C(NCCCOCc1ccco1)NCc1cc(OC)ccc1O.I. The number of phenolic OH excluding ortho intramolecular Hbond substituents is 1. The van der Waals surface area contributed by atoms with Gasteiger partial charge in [0.2, 0.25) is 0 Å². The largest absolute Gasteiger partial charge is 0.508 e. The number of hydrogen-bond donors (Lipinski definition) is 3. The van der Waals surface area contributed by atoms with Gasteiger partial charge in [-0.3, -0.25) is 4.99 Å². The molecule has 26 heavy (non-hydrogen) atoms. The summed E-state index contributed by atoms with van der Waals surface area (Å²) in [7, 11) is 3.30. The van der Waals surface area contributed by atoms with Crippen molar-refractivity contribution in [3.05, 3.63) is 47.9 Å². The highest BCUT2D eigenvalue weighted by Gasteiger charge is 2.05. The van der Waals surface area contributed by atoms with Gasteiger partial charge in [-0.2, -0.15) is 0 Å². The highest BCUT2D eigenvalue weighted by molar-refractivity contribution is 14.0. The summed E-state index contributed by atoms with van der Waals surface area (Å²) in [6.45, 7) is 2.27. The van der Waals surface area contributed by atoms with Crippen LogP contribution < -0.4 is 15.4 Å². The van der Waals surface area contributed by atoms with E-state index >= 15 is 0 Å². The Morgan fingerprint density at radius 1 is 1.27 bits per heavy atom. The molecule has 7 nitrogen and oxygen atoms in total. The second kappa shape index (κ2) is 12.4. The molecule has 0 fully saturated rings. The number of nitrogens with zero attached hydrogens (tertiary/aromatic N) is 1. The standard InChI is InChI=1S/C18H25N3O4.HI/c1-19-18(20-8-4-9-24-13-16-5-3-10-25-16)21-12-14-11-15(23-2)6-7-17(14)22;/h3,5-7,10-11,22H,4,8-9,12-13H2,1-2H3,(H2,19,20,21);1H. The van der Waals surface area contributed by atoms with Crippen LogP contribution in [0.1, 0.15) is 17.7 Å². The van der Waals surface area contributed by atoms with E-state index in [1.54, 1.807) is 38.6 Å². The van der Waals surface area contributed by atoms with E-state index in [4.69, 9.17) is 13.9 Å². The van der Waals surface area contributed by atoms with Gasteiger partial charge < -0.3 is 29.6 Å². The lowest BCUT2D eigenvalue weighted by Gasteiger charge is -2.13. The van der Waals surface area contributed by atoms with Gasteiger partial charge in [0.25, 0.3) is 0 Å². The zero-order chi connectivity index (χ0) is 17.9. The lowest BCUT2D eigenvalue weighted by atomic mass is 10.2. The minimum atomic E-state index is 0. The average Bonchev–Trinajstić information content (AvgIpc) is 3.15. The quantitative estimate of drug-likeness (QED) is 0.224. The molecule has 0 amide bonds. The fourth-order valence-corrected chi connectivity index (χ4v) is 2.18. The number of guanidine groups is 1. The van der Waals surface area contributed by atoms with Crippen LogP contribution in [0.4, 0.5) is 0 Å². The van der Waals surface area contributed by atoms with Crippen LogP contribution in [0.25, 0.3) is 0 Å². The molecular weight excluding hydrogens is 449 g/mol. The summed E-state index contributed by atoms with van der Waals surface area (Å²) in [6, 6.07) is 8.85. The van der Waals surface area contributed by atoms with Gasteiger partial charge in [0.1, 0.15) is 23.9 Å². The van der Waals surface area contributed by atoms with Gasteiger partial charge in [0.15, 0.2) is 5.96 Å². The molecule has 1 aromatic heterocycles. The molecular formula is C18H26IN3O4. The molecule has 2 rings (SSSR count). The Morgan fingerprint density at radius 3 is 2.81 bits per heavy atom. The summed E-state index contributed by atoms with van der Waals surface area (Å²) >= 11 is 0. The number of halogens is 1. The maximum atomic E-state index is 9.89. The van der Waals surface area contributed by atoms with Crippen LogP contribution in [0.2, 0.25) is 0 Å². The number of phenols is 1. The first-order valence-corrected chi connectivity index (χ1v) is 8.13. The lowest BCUT2D eigenvalue weighted by molar-refractivity contribution is 0.105. The second-order valence-corrected chi connectivity index (χ2v) is 5.33. The molecule has 0 bridgehead atoms. The Morgan fingerprint density at radius 2 is 2.12 bits per heavy atom. The number of aliphatic imine (C=N–C) groups is 1. The van der Waals surface area contributed by atoms with Crippen LogP contribution in [0.5, 0.6) is 11.5 Å². The van der Waals surface area contributed by atoms with Crippen LogP contribution in [0.3, 0.4) is 0 Å². The van der Waals surface area contributed by atoms with E-state index in [9.17, 15) is 5.11 Å². The fraction of sp³-hybridized carbons (Fsp3) is 0.389. The maximum absolute atomic E-state index is 9.89. The number of benzene rings is 1. The van der Waals surface area contributed by atoms with Crippen LogP contribution in [0.15, 0.2) is 46.0 Å². The van der Waals surface area contributed by atoms with E-state index in [0.717, 1.165) is 24.3 Å². The molecule has 3 N–H and O–H groups in total. The predicted octanol–water partition coefficient (Wildman–Crippen LogP) is 2.88. The Balaban J connectivity index is 0.00000338. The number of rotatable bonds is 9. The number of aromatic hydroxyl groups is 1. The molecule has 0 atom stereocenters. The monoisotopic (exact) mass is 475 g/mol. The van der Waals surface area contributed by atoms with Gasteiger partial charge in [-0.25, -0.2) is 0 Å². The second-order valence-electron chi connectivity index (χ2n) is 5.33. The van der Waals surface area contributed by atoms with Crippen molar-refractivity contribution in [2.75, 3.05) is 27.3 Å². The van der Waals surface area contributed by atoms with E-state index < -0.39 is 0 Å².